The minimum absolute atomic E-state index is 0.208. The second-order valence-corrected chi connectivity index (χ2v) is 5.73. The molecule has 0 aromatic heterocycles. The average molecular weight is 308 g/mol. The van der Waals surface area contributed by atoms with Gasteiger partial charge in [0.1, 0.15) is 5.75 Å². The first-order chi connectivity index (χ1) is 9.95. The summed E-state index contributed by atoms with van der Waals surface area (Å²) in [6, 6.07) is 10.5. The number of nitrogens with one attached hydrogen (secondary N) is 1. The van der Waals surface area contributed by atoms with Gasteiger partial charge in [0.15, 0.2) is 11.6 Å². The van der Waals surface area contributed by atoms with Crippen LogP contribution in [0.3, 0.4) is 0 Å². The van der Waals surface area contributed by atoms with E-state index < -0.39 is 0 Å². The number of rotatable bonds is 5. The molecule has 0 atom stereocenters. The molecule has 1 N–H and O–H groups in total. The molecule has 2 nitrogen and oxygen atoms in total. The van der Waals surface area contributed by atoms with Crippen LogP contribution >= 0.6 is 11.6 Å². The van der Waals surface area contributed by atoms with Crippen LogP contribution in [0.4, 0.5) is 4.39 Å². The van der Waals surface area contributed by atoms with Crippen molar-refractivity contribution in [3.05, 3.63) is 58.4 Å². The van der Waals surface area contributed by atoms with Crippen molar-refractivity contribution < 1.29 is 9.13 Å². The molecular formula is C17H19ClFNO. The summed E-state index contributed by atoms with van der Waals surface area (Å²) in [7, 11) is 0. The fraction of sp³-hybridized carbons (Fsp3) is 0.294. The quantitative estimate of drug-likeness (QED) is 0.832. The van der Waals surface area contributed by atoms with Gasteiger partial charge in [0, 0.05) is 17.6 Å². The van der Waals surface area contributed by atoms with E-state index in [2.05, 4.69) is 19.2 Å². The highest BCUT2D eigenvalue weighted by Gasteiger charge is 2.08. The number of benzene rings is 2. The number of ether oxygens (including phenoxy) is 1. The molecule has 2 aromatic rings. The maximum Gasteiger partial charge on any atom is 0.165 e. The summed E-state index contributed by atoms with van der Waals surface area (Å²) in [4.78, 5) is 0. The van der Waals surface area contributed by atoms with Crippen molar-refractivity contribution in [1.29, 1.82) is 0 Å². The fourth-order valence-corrected chi connectivity index (χ4v) is 2.10. The third kappa shape index (κ3) is 4.45. The molecule has 2 aromatic carbocycles. The summed E-state index contributed by atoms with van der Waals surface area (Å²) in [5.41, 5.74) is 1.93. The standard InChI is InChI=1S/C17H19ClFNO/c1-11(2)20-10-13-5-6-14(9-15(13)18)21-17-8-12(3)4-7-16(17)19/h4-9,11,20H,10H2,1-3H3. The van der Waals surface area contributed by atoms with Crippen LogP contribution < -0.4 is 10.1 Å². The maximum absolute atomic E-state index is 13.7. The van der Waals surface area contributed by atoms with Gasteiger partial charge in [-0.05, 0) is 42.3 Å². The average Bonchev–Trinajstić information content (AvgIpc) is 2.42. The maximum atomic E-state index is 13.7. The smallest absolute Gasteiger partial charge is 0.165 e. The van der Waals surface area contributed by atoms with Gasteiger partial charge in [0.05, 0.1) is 0 Å². The molecular weight excluding hydrogens is 289 g/mol. The summed E-state index contributed by atoms with van der Waals surface area (Å²) < 4.78 is 19.2. The van der Waals surface area contributed by atoms with E-state index in [0.29, 0.717) is 23.4 Å². The number of halogens is 2. The van der Waals surface area contributed by atoms with Crippen molar-refractivity contribution in [3.63, 3.8) is 0 Å². The van der Waals surface area contributed by atoms with Gasteiger partial charge in [-0.3, -0.25) is 0 Å². The predicted molar refractivity (Wildman–Crippen MR) is 84.6 cm³/mol. The van der Waals surface area contributed by atoms with E-state index in [-0.39, 0.29) is 11.6 Å². The Hall–Kier alpha value is -1.58. The van der Waals surface area contributed by atoms with Gasteiger partial charge in [0.2, 0.25) is 0 Å². The molecule has 0 aliphatic heterocycles. The first kappa shape index (κ1) is 15.8. The minimum atomic E-state index is -0.387. The molecule has 0 aliphatic carbocycles. The molecule has 0 saturated heterocycles. The van der Waals surface area contributed by atoms with E-state index in [1.54, 1.807) is 24.3 Å². The monoisotopic (exact) mass is 307 g/mol. The lowest BCUT2D eigenvalue weighted by Gasteiger charge is -2.12. The lowest BCUT2D eigenvalue weighted by molar-refractivity contribution is 0.441. The fourth-order valence-electron chi connectivity index (χ4n) is 1.86. The number of aryl methyl sites for hydroxylation is 1. The first-order valence-electron chi connectivity index (χ1n) is 6.91. The van der Waals surface area contributed by atoms with Crippen LogP contribution in [-0.4, -0.2) is 6.04 Å². The van der Waals surface area contributed by atoms with Gasteiger partial charge in [0.25, 0.3) is 0 Å². The molecule has 0 unspecified atom stereocenters. The van der Waals surface area contributed by atoms with Crippen LogP contribution in [0.2, 0.25) is 5.02 Å². The summed E-state index contributed by atoms with van der Waals surface area (Å²) in [6.45, 7) is 6.73. The molecule has 0 aliphatic rings. The van der Waals surface area contributed by atoms with Crippen LogP contribution in [0.15, 0.2) is 36.4 Å². The van der Waals surface area contributed by atoms with Gasteiger partial charge >= 0.3 is 0 Å². The molecule has 0 radical (unpaired) electrons. The van der Waals surface area contributed by atoms with E-state index in [9.17, 15) is 4.39 Å². The SMILES string of the molecule is Cc1ccc(F)c(Oc2ccc(CNC(C)C)c(Cl)c2)c1. The Balaban J connectivity index is 2.14. The van der Waals surface area contributed by atoms with Crippen molar-refractivity contribution in [2.75, 3.05) is 0 Å². The second kappa shape index (κ2) is 6.92. The normalized spacial score (nSPS) is 11.0. The Kier molecular flexibility index (Phi) is 5.21. The predicted octanol–water partition coefficient (Wildman–Crippen LogP) is 5.08. The van der Waals surface area contributed by atoms with Crippen molar-refractivity contribution in [1.82, 2.24) is 5.32 Å². The Morgan fingerprint density at radius 2 is 1.95 bits per heavy atom. The summed E-state index contributed by atoms with van der Waals surface area (Å²) in [5, 5.41) is 3.91. The van der Waals surface area contributed by atoms with Gasteiger partial charge in [-0.25, -0.2) is 4.39 Å². The number of hydrogen-bond acceptors (Lipinski definition) is 2. The lowest BCUT2D eigenvalue weighted by atomic mass is 10.2. The highest BCUT2D eigenvalue weighted by Crippen LogP contribution is 2.29. The van der Waals surface area contributed by atoms with E-state index in [1.165, 1.54) is 6.07 Å². The Morgan fingerprint density at radius 3 is 2.62 bits per heavy atom. The van der Waals surface area contributed by atoms with Crippen LogP contribution in [0.25, 0.3) is 0 Å². The summed E-state index contributed by atoms with van der Waals surface area (Å²) in [5.74, 6) is 0.346. The minimum Gasteiger partial charge on any atom is -0.454 e. The Morgan fingerprint density at radius 1 is 1.19 bits per heavy atom. The zero-order valence-corrected chi connectivity index (χ0v) is 13.2. The van der Waals surface area contributed by atoms with Crippen molar-refractivity contribution in [3.8, 4) is 11.5 Å². The largest absolute Gasteiger partial charge is 0.454 e. The summed E-state index contributed by atoms with van der Waals surface area (Å²) >= 11 is 6.24. The molecule has 4 heteroatoms. The highest BCUT2D eigenvalue weighted by atomic mass is 35.5. The molecule has 0 spiro atoms. The molecule has 0 saturated carbocycles. The topological polar surface area (TPSA) is 21.3 Å². The van der Waals surface area contributed by atoms with Crippen molar-refractivity contribution in [2.45, 2.75) is 33.4 Å². The zero-order chi connectivity index (χ0) is 15.4. The van der Waals surface area contributed by atoms with E-state index in [1.807, 2.05) is 13.0 Å². The van der Waals surface area contributed by atoms with Crippen LogP contribution in [0.5, 0.6) is 11.5 Å². The van der Waals surface area contributed by atoms with E-state index in [4.69, 9.17) is 16.3 Å². The van der Waals surface area contributed by atoms with Gasteiger partial charge in [-0.1, -0.05) is 37.6 Å². The third-order valence-corrected chi connectivity index (χ3v) is 3.39. The first-order valence-corrected chi connectivity index (χ1v) is 7.29. The molecule has 2 rings (SSSR count). The van der Waals surface area contributed by atoms with E-state index in [0.717, 1.165) is 11.1 Å². The highest BCUT2D eigenvalue weighted by molar-refractivity contribution is 6.31. The van der Waals surface area contributed by atoms with Crippen molar-refractivity contribution >= 4 is 11.6 Å². The molecule has 0 heterocycles. The molecule has 0 fully saturated rings. The lowest BCUT2D eigenvalue weighted by Crippen LogP contribution is -2.21. The van der Waals surface area contributed by atoms with E-state index >= 15 is 0 Å². The summed E-state index contributed by atoms with van der Waals surface area (Å²) in [6.07, 6.45) is 0. The van der Waals surface area contributed by atoms with Crippen LogP contribution in [-0.2, 0) is 6.54 Å². The van der Waals surface area contributed by atoms with Gasteiger partial charge < -0.3 is 10.1 Å². The Bertz CT molecular complexity index is 628. The van der Waals surface area contributed by atoms with Crippen LogP contribution in [0.1, 0.15) is 25.0 Å². The molecule has 0 bridgehead atoms. The second-order valence-electron chi connectivity index (χ2n) is 5.32. The molecule has 112 valence electrons. The van der Waals surface area contributed by atoms with Gasteiger partial charge in [-0.15, -0.1) is 0 Å². The van der Waals surface area contributed by atoms with Crippen molar-refractivity contribution in [2.24, 2.45) is 0 Å². The Labute approximate surface area is 129 Å². The molecule has 0 amide bonds. The third-order valence-electron chi connectivity index (χ3n) is 3.04. The number of hydrogen-bond donors (Lipinski definition) is 1. The van der Waals surface area contributed by atoms with Gasteiger partial charge in [-0.2, -0.15) is 0 Å². The molecule has 21 heavy (non-hydrogen) atoms. The van der Waals surface area contributed by atoms with Crippen LogP contribution in [0, 0.1) is 12.7 Å². The zero-order valence-electron chi connectivity index (χ0n) is 12.4.